The highest BCUT2D eigenvalue weighted by Crippen LogP contribution is 2.28. The highest BCUT2D eigenvalue weighted by molar-refractivity contribution is 6.30. The molecule has 1 atom stereocenters. The van der Waals surface area contributed by atoms with Gasteiger partial charge in [0, 0.05) is 10.6 Å². The van der Waals surface area contributed by atoms with Crippen LogP contribution in [-0.4, -0.2) is 29.7 Å². The predicted molar refractivity (Wildman–Crippen MR) is 95.6 cm³/mol. The van der Waals surface area contributed by atoms with E-state index in [0.717, 1.165) is 16.8 Å². The summed E-state index contributed by atoms with van der Waals surface area (Å²) in [6.07, 6.45) is 6.62. The quantitative estimate of drug-likeness (QED) is 0.442. The highest BCUT2D eigenvalue weighted by atomic mass is 35.5. The molecule has 1 aliphatic carbocycles. The van der Waals surface area contributed by atoms with Crippen molar-refractivity contribution in [3.05, 3.63) is 58.7 Å². The largest absolute Gasteiger partial charge is 0.465 e. The van der Waals surface area contributed by atoms with Crippen molar-refractivity contribution in [2.24, 2.45) is 4.99 Å². The van der Waals surface area contributed by atoms with E-state index in [1.165, 1.54) is 0 Å². The van der Waals surface area contributed by atoms with Gasteiger partial charge >= 0.3 is 5.97 Å². The minimum absolute atomic E-state index is 0.0187. The van der Waals surface area contributed by atoms with Gasteiger partial charge in [-0.1, -0.05) is 42.0 Å². The number of hydrogen-bond acceptors (Lipinski definition) is 3. The van der Waals surface area contributed by atoms with Crippen molar-refractivity contribution in [3.8, 4) is 0 Å². The second-order valence-corrected chi connectivity index (χ2v) is 6.75. The van der Waals surface area contributed by atoms with Crippen molar-refractivity contribution in [2.75, 3.05) is 13.2 Å². The molecule has 5 heteroatoms. The fraction of sp³-hybridized carbons (Fsp3) is 0.333. The van der Waals surface area contributed by atoms with Crippen LogP contribution >= 0.6 is 23.2 Å². The Hall–Kier alpha value is -1.58. The summed E-state index contributed by atoms with van der Waals surface area (Å²) in [5, 5.41) is 0.653. The molecule has 1 aromatic carbocycles. The zero-order chi connectivity index (χ0) is 16.9. The molecule has 0 aliphatic heterocycles. The molecule has 23 heavy (non-hydrogen) atoms. The normalized spacial score (nSPS) is 21.0. The molecule has 1 aliphatic rings. The first-order chi connectivity index (χ1) is 10.9. The van der Waals surface area contributed by atoms with Crippen LogP contribution in [0.15, 0.2) is 53.1 Å². The third-order valence-electron chi connectivity index (χ3n) is 3.39. The molecule has 3 nitrogen and oxygen atoms in total. The van der Waals surface area contributed by atoms with Gasteiger partial charge in [0.2, 0.25) is 0 Å². The van der Waals surface area contributed by atoms with Gasteiger partial charge < -0.3 is 4.74 Å². The lowest BCUT2D eigenvalue weighted by molar-refractivity contribution is -0.141. The van der Waals surface area contributed by atoms with Crippen molar-refractivity contribution in [1.82, 2.24) is 0 Å². The van der Waals surface area contributed by atoms with Crippen molar-refractivity contribution in [1.29, 1.82) is 0 Å². The van der Waals surface area contributed by atoms with Crippen molar-refractivity contribution < 1.29 is 9.53 Å². The summed E-state index contributed by atoms with van der Waals surface area (Å²) in [6.45, 7) is 4.05. The van der Waals surface area contributed by atoms with Crippen LogP contribution in [0.4, 0.5) is 0 Å². The zero-order valence-electron chi connectivity index (χ0n) is 13.2. The van der Waals surface area contributed by atoms with Gasteiger partial charge in [0.25, 0.3) is 0 Å². The maximum Gasteiger partial charge on any atom is 0.327 e. The van der Waals surface area contributed by atoms with Crippen LogP contribution in [0.25, 0.3) is 0 Å². The Bertz CT molecular complexity index is 658. The molecule has 1 aromatic rings. The van der Waals surface area contributed by atoms with Crippen LogP contribution in [0.1, 0.15) is 25.8 Å². The number of aliphatic imine (C=N–C) groups is 1. The second kappa shape index (κ2) is 7.80. The molecule has 0 amide bonds. The Kier molecular flexibility index (Phi) is 6.03. The molecule has 0 aromatic heterocycles. The topological polar surface area (TPSA) is 38.7 Å². The third-order valence-corrected chi connectivity index (χ3v) is 3.93. The Labute approximate surface area is 146 Å². The average Bonchev–Trinajstić information content (AvgIpc) is 2.50. The predicted octanol–water partition coefficient (Wildman–Crippen LogP) is 4.58. The van der Waals surface area contributed by atoms with E-state index in [2.05, 4.69) is 4.99 Å². The van der Waals surface area contributed by atoms with Gasteiger partial charge in [0.15, 0.2) is 0 Å². The molecular formula is C18H19Cl2NO2. The first kappa shape index (κ1) is 17.8. The highest BCUT2D eigenvalue weighted by Gasteiger charge is 2.21. The lowest BCUT2D eigenvalue weighted by atomic mass is 9.92. The molecule has 2 rings (SSSR count). The maximum atomic E-state index is 11.6. The molecule has 122 valence electrons. The summed E-state index contributed by atoms with van der Waals surface area (Å²) in [5.41, 5.74) is 2.57. The average molecular weight is 352 g/mol. The summed E-state index contributed by atoms with van der Waals surface area (Å²) in [5.74, 6) is -0.346. The molecule has 1 unspecified atom stereocenters. The number of rotatable bonds is 5. The summed E-state index contributed by atoms with van der Waals surface area (Å²) in [7, 11) is 0. The van der Waals surface area contributed by atoms with Crippen LogP contribution in [0, 0.1) is 0 Å². The molecular weight excluding hydrogens is 333 g/mol. The molecule has 0 bridgehead atoms. The van der Waals surface area contributed by atoms with E-state index in [0.29, 0.717) is 18.1 Å². The molecule has 0 fully saturated rings. The number of carbonyl (C=O) groups is 1. The molecule has 0 N–H and O–H groups in total. The Morgan fingerprint density at radius 2 is 2.04 bits per heavy atom. The first-order valence-electron chi connectivity index (χ1n) is 7.46. The lowest BCUT2D eigenvalue weighted by Gasteiger charge is -2.21. The van der Waals surface area contributed by atoms with E-state index in [4.69, 9.17) is 27.9 Å². The van der Waals surface area contributed by atoms with Gasteiger partial charge in [0.05, 0.1) is 17.2 Å². The Balaban J connectivity index is 2.30. The summed E-state index contributed by atoms with van der Waals surface area (Å²) >= 11 is 12.3. The zero-order valence-corrected chi connectivity index (χ0v) is 14.7. The van der Waals surface area contributed by atoms with Gasteiger partial charge in [-0.25, -0.2) is 0 Å². The summed E-state index contributed by atoms with van der Waals surface area (Å²) in [6, 6.07) is 7.37. The van der Waals surface area contributed by atoms with E-state index in [-0.39, 0.29) is 17.4 Å². The SMILES string of the molecule is CCOC(=O)CN=C(C1=CCC(C)(Cl)C=C1)c1ccc(Cl)cc1. The summed E-state index contributed by atoms with van der Waals surface area (Å²) < 4.78 is 4.94. The second-order valence-electron chi connectivity index (χ2n) is 5.45. The molecule has 0 radical (unpaired) electrons. The van der Waals surface area contributed by atoms with Crippen LogP contribution in [0.5, 0.6) is 0 Å². The number of alkyl halides is 1. The van der Waals surface area contributed by atoms with Gasteiger partial charge in [-0.15, -0.1) is 11.6 Å². The Morgan fingerprint density at radius 1 is 1.35 bits per heavy atom. The van der Waals surface area contributed by atoms with E-state index in [1.807, 2.05) is 37.3 Å². The monoisotopic (exact) mass is 351 g/mol. The smallest absolute Gasteiger partial charge is 0.327 e. The Morgan fingerprint density at radius 3 is 2.61 bits per heavy atom. The number of benzene rings is 1. The van der Waals surface area contributed by atoms with E-state index in [1.54, 1.807) is 19.1 Å². The van der Waals surface area contributed by atoms with Crippen molar-refractivity contribution in [3.63, 3.8) is 0 Å². The van der Waals surface area contributed by atoms with Crippen molar-refractivity contribution in [2.45, 2.75) is 25.1 Å². The van der Waals surface area contributed by atoms with Crippen LogP contribution in [-0.2, 0) is 9.53 Å². The molecule has 0 spiro atoms. The van der Waals surface area contributed by atoms with E-state index >= 15 is 0 Å². The number of halogens is 2. The summed E-state index contributed by atoms with van der Waals surface area (Å²) in [4.78, 5) is 15.7. The fourth-order valence-electron chi connectivity index (χ4n) is 2.19. The number of ether oxygens (including phenoxy) is 1. The minimum atomic E-state index is -0.379. The van der Waals surface area contributed by atoms with E-state index < -0.39 is 0 Å². The third kappa shape index (κ3) is 5.22. The fourth-order valence-corrected chi connectivity index (χ4v) is 2.46. The van der Waals surface area contributed by atoms with Gasteiger partial charge in [0.1, 0.15) is 6.54 Å². The molecule has 0 saturated heterocycles. The molecule has 0 saturated carbocycles. The van der Waals surface area contributed by atoms with Crippen molar-refractivity contribution >= 4 is 34.9 Å². The van der Waals surface area contributed by atoms with E-state index in [9.17, 15) is 4.79 Å². The van der Waals surface area contributed by atoms with Crippen LogP contribution < -0.4 is 0 Å². The van der Waals surface area contributed by atoms with Gasteiger partial charge in [-0.3, -0.25) is 9.79 Å². The maximum absolute atomic E-state index is 11.6. The minimum Gasteiger partial charge on any atom is -0.465 e. The molecule has 0 heterocycles. The number of esters is 1. The van der Waals surface area contributed by atoms with Crippen LogP contribution in [0.3, 0.4) is 0 Å². The standard InChI is InChI=1S/C18H19Cl2NO2/c1-3-23-16(22)12-21-17(13-4-6-15(19)7-5-13)14-8-10-18(2,20)11-9-14/h4-10H,3,11-12H2,1-2H3. The first-order valence-corrected chi connectivity index (χ1v) is 8.21. The number of carbonyl (C=O) groups excluding carboxylic acids is 1. The number of allylic oxidation sites excluding steroid dienone is 4. The van der Waals surface area contributed by atoms with Gasteiger partial charge in [-0.05, 0) is 38.0 Å². The van der Waals surface area contributed by atoms with Gasteiger partial charge in [-0.2, -0.15) is 0 Å². The van der Waals surface area contributed by atoms with Crippen LogP contribution in [0.2, 0.25) is 5.02 Å². The number of hydrogen-bond donors (Lipinski definition) is 0. The lowest BCUT2D eigenvalue weighted by Crippen LogP contribution is -2.18. The number of nitrogens with zero attached hydrogens (tertiary/aromatic N) is 1.